The van der Waals surface area contributed by atoms with E-state index in [1.54, 1.807) is 6.07 Å². The number of hydrogen-bond acceptors (Lipinski definition) is 4. The van der Waals surface area contributed by atoms with E-state index in [0.717, 1.165) is 18.0 Å². The van der Waals surface area contributed by atoms with Gasteiger partial charge >= 0.3 is 0 Å². The third kappa shape index (κ3) is 4.56. The highest BCUT2D eigenvalue weighted by Crippen LogP contribution is 2.35. The van der Waals surface area contributed by atoms with Crippen molar-refractivity contribution in [3.05, 3.63) is 59.7 Å². The Bertz CT molecular complexity index is 837. The standard InChI is InChI=1S/C22H27N3O2S/c1-4-25(5-2)19(16-9-7-6-8-10-16)14-23-22(27)17-11-12-20-18(13-17)24-21(26)15(3)28-20/h6-13,15,19H,4-5,14H2,1-3H3,(H,23,27)(H,24,26). The lowest BCUT2D eigenvalue weighted by Gasteiger charge is -2.30. The van der Waals surface area contributed by atoms with Gasteiger partial charge in [-0.3, -0.25) is 14.5 Å². The van der Waals surface area contributed by atoms with Crippen molar-refractivity contribution >= 4 is 29.3 Å². The molecule has 28 heavy (non-hydrogen) atoms. The molecule has 0 saturated carbocycles. The Balaban J connectivity index is 1.73. The van der Waals surface area contributed by atoms with Crippen molar-refractivity contribution < 1.29 is 9.59 Å². The minimum atomic E-state index is -0.131. The summed E-state index contributed by atoms with van der Waals surface area (Å²) in [5, 5.41) is 5.84. The van der Waals surface area contributed by atoms with Crippen molar-refractivity contribution in [2.24, 2.45) is 0 Å². The van der Waals surface area contributed by atoms with Crippen LogP contribution in [0.4, 0.5) is 5.69 Å². The summed E-state index contributed by atoms with van der Waals surface area (Å²) in [5.74, 6) is -0.158. The Kier molecular flexibility index (Phi) is 6.75. The zero-order valence-electron chi connectivity index (χ0n) is 16.6. The number of nitrogens with zero attached hydrogens (tertiary/aromatic N) is 1. The maximum absolute atomic E-state index is 12.8. The van der Waals surface area contributed by atoms with Crippen molar-refractivity contribution in [2.75, 3.05) is 25.0 Å². The molecule has 1 aliphatic heterocycles. The number of anilines is 1. The largest absolute Gasteiger partial charge is 0.350 e. The molecule has 0 aliphatic carbocycles. The molecule has 0 spiro atoms. The topological polar surface area (TPSA) is 61.4 Å². The molecule has 5 nitrogen and oxygen atoms in total. The predicted octanol–water partition coefficient (Wildman–Crippen LogP) is 3.93. The van der Waals surface area contributed by atoms with Crippen LogP contribution in [0.25, 0.3) is 0 Å². The minimum Gasteiger partial charge on any atom is -0.350 e. The Morgan fingerprint density at radius 2 is 1.89 bits per heavy atom. The van der Waals surface area contributed by atoms with Gasteiger partial charge in [0.15, 0.2) is 0 Å². The monoisotopic (exact) mass is 397 g/mol. The van der Waals surface area contributed by atoms with Gasteiger partial charge in [-0.1, -0.05) is 44.2 Å². The number of carbonyl (C=O) groups is 2. The van der Waals surface area contributed by atoms with E-state index in [1.807, 2.05) is 37.3 Å². The van der Waals surface area contributed by atoms with Crippen LogP contribution in [0.1, 0.15) is 42.7 Å². The first-order valence-corrected chi connectivity index (χ1v) is 10.6. The molecular weight excluding hydrogens is 370 g/mol. The fourth-order valence-corrected chi connectivity index (χ4v) is 4.37. The van der Waals surface area contributed by atoms with Gasteiger partial charge in [0, 0.05) is 17.0 Å². The fourth-order valence-electron chi connectivity index (χ4n) is 3.44. The zero-order valence-corrected chi connectivity index (χ0v) is 17.4. The lowest BCUT2D eigenvalue weighted by molar-refractivity contribution is -0.115. The van der Waals surface area contributed by atoms with Gasteiger partial charge in [0.05, 0.1) is 17.0 Å². The second kappa shape index (κ2) is 9.26. The molecule has 148 valence electrons. The van der Waals surface area contributed by atoms with Crippen LogP contribution in [0.2, 0.25) is 0 Å². The van der Waals surface area contributed by atoms with Crippen LogP contribution in [0.15, 0.2) is 53.4 Å². The molecular formula is C22H27N3O2S. The molecule has 0 bridgehead atoms. The summed E-state index contributed by atoms with van der Waals surface area (Å²) in [6.45, 7) is 8.48. The molecule has 2 aromatic carbocycles. The number of fused-ring (bicyclic) bond motifs is 1. The molecule has 2 unspecified atom stereocenters. The van der Waals surface area contributed by atoms with Crippen LogP contribution < -0.4 is 10.6 Å². The SMILES string of the molecule is CCN(CC)C(CNC(=O)c1ccc2c(c1)NC(=O)C(C)S2)c1ccccc1. The summed E-state index contributed by atoms with van der Waals surface area (Å²) >= 11 is 1.52. The Labute approximate surface area is 170 Å². The number of benzene rings is 2. The van der Waals surface area contributed by atoms with E-state index in [-0.39, 0.29) is 23.1 Å². The zero-order chi connectivity index (χ0) is 20.1. The molecule has 6 heteroatoms. The molecule has 2 amide bonds. The van der Waals surface area contributed by atoms with Crippen molar-refractivity contribution in [1.29, 1.82) is 0 Å². The normalized spacial score (nSPS) is 17.0. The minimum absolute atomic E-state index is 0.0271. The molecule has 1 heterocycles. The van der Waals surface area contributed by atoms with Gasteiger partial charge in [0.2, 0.25) is 5.91 Å². The van der Waals surface area contributed by atoms with E-state index in [2.05, 4.69) is 41.5 Å². The van der Waals surface area contributed by atoms with Crippen molar-refractivity contribution in [2.45, 2.75) is 37.0 Å². The summed E-state index contributed by atoms with van der Waals surface area (Å²) in [4.78, 5) is 28.0. The Morgan fingerprint density at radius 1 is 1.18 bits per heavy atom. The van der Waals surface area contributed by atoms with Crippen LogP contribution in [-0.4, -0.2) is 41.6 Å². The lowest BCUT2D eigenvalue weighted by atomic mass is 10.0. The van der Waals surface area contributed by atoms with Crippen LogP contribution >= 0.6 is 11.8 Å². The summed E-state index contributed by atoms with van der Waals surface area (Å²) in [5.41, 5.74) is 2.46. The van der Waals surface area contributed by atoms with E-state index >= 15 is 0 Å². The average molecular weight is 398 g/mol. The van der Waals surface area contributed by atoms with Gasteiger partial charge in [0.25, 0.3) is 5.91 Å². The van der Waals surface area contributed by atoms with Crippen molar-refractivity contribution in [3.63, 3.8) is 0 Å². The van der Waals surface area contributed by atoms with Gasteiger partial charge < -0.3 is 10.6 Å². The molecule has 3 rings (SSSR count). The van der Waals surface area contributed by atoms with Crippen LogP contribution in [0, 0.1) is 0 Å². The van der Waals surface area contributed by atoms with E-state index < -0.39 is 0 Å². The van der Waals surface area contributed by atoms with Gasteiger partial charge in [-0.2, -0.15) is 0 Å². The maximum atomic E-state index is 12.8. The van der Waals surface area contributed by atoms with Crippen molar-refractivity contribution in [3.8, 4) is 0 Å². The highest BCUT2D eigenvalue weighted by Gasteiger charge is 2.24. The van der Waals surface area contributed by atoms with E-state index in [1.165, 1.54) is 17.3 Å². The maximum Gasteiger partial charge on any atom is 0.251 e. The lowest BCUT2D eigenvalue weighted by Crippen LogP contribution is -2.38. The molecule has 0 aromatic heterocycles. The number of likely N-dealkylation sites (N-methyl/N-ethyl adjacent to an activating group) is 1. The van der Waals surface area contributed by atoms with E-state index in [9.17, 15) is 9.59 Å². The highest BCUT2D eigenvalue weighted by molar-refractivity contribution is 8.00. The van der Waals surface area contributed by atoms with E-state index in [4.69, 9.17) is 0 Å². The number of carbonyl (C=O) groups excluding carboxylic acids is 2. The average Bonchev–Trinajstić information content (AvgIpc) is 2.72. The molecule has 2 N–H and O–H groups in total. The molecule has 0 fully saturated rings. The summed E-state index contributed by atoms with van der Waals surface area (Å²) in [7, 11) is 0. The predicted molar refractivity (Wildman–Crippen MR) is 115 cm³/mol. The number of thioether (sulfide) groups is 1. The molecule has 0 saturated heterocycles. The third-order valence-electron chi connectivity index (χ3n) is 5.07. The van der Waals surface area contributed by atoms with Gasteiger partial charge in [0.1, 0.15) is 0 Å². The summed E-state index contributed by atoms with van der Waals surface area (Å²) in [6.07, 6.45) is 0. The Hall–Kier alpha value is -2.31. The van der Waals surface area contributed by atoms with Gasteiger partial charge in [-0.05, 0) is 43.8 Å². The number of hydrogen-bond donors (Lipinski definition) is 2. The molecule has 1 aliphatic rings. The first kappa shape index (κ1) is 20.4. The highest BCUT2D eigenvalue weighted by atomic mass is 32.2. The second-order valence-electron chi connectivity index (χ2n) is 6.82. The third-order valence-corrected chi connectivity index (χ3v) is 6.24. The van der Waals surface area contributed by atoms with E-state index in [0.29, 0.717) is 17.8 Å². The van der Waals surface area contributed by atoms with Gasteiger partial charge in [-0.15, -0.1) is 11.8 Å². The number of amides is 2. The fraction of sp³-hybridized carbons (Fsp3) is 0.364. The van der Waals surface area contributed by atoms with Crippen LogP contribution in [-0.2, 0) is 4.79 Å². The van der Waals surface area contributed by atoms with Crippen LogP contribution in [0.3, 0.4) is 0 Å². The second-order valence-corrected chi connectivity index (χ2v) is 8.20. The van der Waals surface area contributed by atoms with Crippen LogP contribution in [0.5, 0.6) is 0 Å². The van der Waals surface area contributed by atoms with Crippen molar-refractivity contribution in [1.82, 2.24) is 10.2 Å². The molecule has 2 atom stereocenters. The molecule has 2 aromatic rings. The first-order chi connectivity index (χ1) is 13.5. The molecule has 0 radical (unpaired) electrons. The number of rotatable bonds is 7. The Morgan fingerprint density at radius 3 is 2.57 bits per heavy atom. The summed E-state index contributed by atoms with van der Waals surface area (Å²) < 4.78 is 0. The smallest absolute Gasteiger partial charge is 0.251 e. The quantitative estimate of drug-likeness (QED) is 0.743. The first-order valence-electron chi connectivity index (χ1n) is 9.72. The number of nitrogens with one attached hydrogen (secondary N) is 2. The van der Waals surface area contributed by atoms with Gasteiger partial charge in [-0.25, -0.2) is 0 Å². The summed E-state index contributed by atoms with van der Waals surface area (Å²) in [6, 6.07) is 15.9.